The SMILES string of the molecule is O=C(CC1CC2CCC1C2)Oc1cc(F)ccc1[N+](=O)[O-]. The monoisotopic (exact) mass is 293 g/mol. The first-order chi connectivity index (χ1) is 10.0. The minimum atomic E-state index is -0.681. The third kappa shape index (κ3) is 2.89. The topological polar surface area (TPSA) is 69.4 Å². The van der Waals surface area contributed by atoms with Crippen molar-refractivity contribution in [2.45, 2.75) is 32.1 Å². The van der Waals surface area contributed by atoms with E-state index in [1.54, 1.807) is 0 Å². The smallest absolute Gasteiger partial charge is 0.311 e. The summed E-state index contributed by atoms with van der Waals surface area (Å²) in [5, 5.41) is 10.9. The first kappa shape index (κ1) is 14.0. The molecule has 0 radical (unpaired) electrons. The van der Waals surface area contributed by atoms with E-state index in [4.69, 9.17) is 4.74 Å². The molecule has 0 heterocycles. The molecule has 2 bridgehead atoms. The second-order valence-electron chi connectivity index (χ2n) is 5.98. The molecule has 2 aliphatic rings. The summed E-state index contributed by atoms with van der Waals surface area (Å²) < 4.78 is 18.2. The van der Waals surface area contributed by atoms with Gasteiger partial charge in [-0.3, -0.25) is 14.9 Å². The molecule has 5 nitrogen and oxygen atoms in total. The van der Waals surface area contributed by atoms with Gasteiger partial charge in [-0.25, -0.2) is 4.39 Å². The summed E-state index contributed by atoms with van der Waals surface area (Å²) in [5.41, 5.74) is -0.391. The van der Waals surface area contributed by atoms with Gasteiger partial charge in [0.25, 0.3) is 0 Å². The molecule has 3 unspecified atom stereocenters. The fourth-order valence-electron chi connectivity index (χ4n) is 3.73. The van der Waals surface area contributed by atoms with Crippen molar-refractivity contribution in [1.29, 1.82) is 0 Å². The summed E-state index contributed by atoms with van der Waals surface area (Å²) in [5.74, 6) is 0.114. The lowest BCUT2D eigenvalue weighted by Gasteiger charge is -2.20. The van der Waals surface area contributed by atoms with Crippen molar-refractivity contribution in [2.24, 2.45) is 17.8 Å². The number of esters is 1. The summed E-state index contributed by atoms with van der Waals surface area (Å²) in [6.45, 7) is 0. The van der Waals surface area contributed by atoms with E-state index in [1.165, 1.54) is 12.8 Å². The number of halogens is 1. The van der Waals surface area contributed by atoms with Gasteiger partial charge in [0.1, 0.15) is 5.82 Å². The van der Waals surface area contributed by atoms with Crippen LogP contribution in [-0.2, 0) is 4.79 Å². The van der Waals surface area contributed by atoms with E-state index in [0.717, 1.165) is 37.0 Å². The fraction of sp³-hybridized carbons (Fsp3) is 0.533. The number of hydrogen-bond donors (Lipinski definition) is 0. The lowest BCUT2D eigenvalue weighted by molar-refractivity contribution is -0.385. The van der Waals surface area contributed by atoms with Crippen LogP contribution in [0.2, 0.25) is 0 Å². The number of rotatable bonds is 4. The highest BCUT2D eigenvalue weighted by Gasteiger charge is 2.40. The highest BCUT2D eigenvalue weighted by atomic mass is 19.1. The van der Waals surface area contributed by atoms with E-state index < -0.39 is 22.4 Å². The molecule has 0 amide bonds. The van der Waals surface area contributed by atoms with Gasteiger partial charge in [0.05, 0.1) is 4.92 Å². The van der Waals surface area contributed by atoms with Crippen LogP contribution < -0.4 is 4.74 Å². The van der Waals surface area contributed by atoms with Crippen molar-refractivity contribution in [1.82, 2.24) is 0 Å². The first-order valence-electron chi connectivity index (χ1n) is 7.17. The van der Waals surface area contributed by atoms with Crippen molar-refractivity contribution in [2.75, 3.05) is 0 Å². The maximum atomic E-state index is 13.2. The Morgan fingerprint density at radius 2 is 2.19 bits per heavy atom. The van der Waals surface area contributed by atoms with Crippen molar-refractivity contribution in [3.63, 3.8) is 0 Å². The molecule has 0 spiro atoms. The molecule has 112 valence electrons. The minimum absolute atomic E-state index is 0.259. The van der Waals surface area contributed by atoms with Gasteiger partial charge in [-0.15, -0.1) is 0 Å². The van der Waals surface area contributed by atoms with Crippen LogP contribution in [0.25, 0.3) is 0 Å². The van der Waals surface area contributed by atoms with Gasteiger partial charge in [-0.1, -0.05) is 6.42 Å². The van der Waals surface area contributed by atoms with Crippen molar-refractivity contribution >= 4 is 11.7 Å². The molecule has 0 aromatic heterocycles. The Balaban J connectivity index is 1.67. The Morgan fingerprint density at radius 1 is 1.38 bits per heavy atom. The van der Waals surface area contributed by atoms with Crippen LogP contribution in [0.1, 0.15) is 32.1 Å². The molecule has 6 heteroatoms. The zero-order chi connectivity index (χ0) is 15.0. The molecule has 0 saturated heterocycles. The fourth-order valence-corrected chi connectivity index (χ4v) is 3.73. The highest BCUT2D eigenvalue weighted by Crippen LogP contribution is 2.49. The number of benzene rings is 1. The summed E-state index contributed by atoms with van der Waals surface area (Å²) in [4.78, 5) is 22.1. The molecule has 0 N–H and O–H groups in total. The third-order valence-electron chi connectivity index (χ3n) is 4.66. The Hall–Kier alpha value is -1.98. The van der Waals surface area contributed by atoms with Crippen LogP contribution in [0.5, 0.6) is 5.75 Å². The Kier molecular flexibility index (Phi) is 3.61. The lowest BCUT2D eigenvalue weighted by atomic mass is 9.86. The second kappa shape index (κ2) is 5.42. The largest absolute Gasteiger partial charge is 0.419 e. The molecule has 2 aliphatic carbocycles. The Bertz CT molecular complexity index is 589. The van der Waals surface area contributed by atoms with E-state index in [0.29, 0.717) is 11.8 Å². The molecule has 3 atom stereocenters. The van der Waals surface area contributed by atoms with E-state index in [-0.39, 0.29) is 12.2 Å². The summed E-state index contributed by atoms with van der Waals surface area (Å²) in [7, 11) is 0. The van der Waals surface area contributed by atoms with E-state index in [9.17, 15) is 19.3 Å². The Morgan fingerprint density at radius 3 is 2.81 bits per heavy atom. The Labute approximate surface area is 121 Å². The molecule has 1 aromatic rings. The number of nitrogens with zero attached hydrogens (tertiary/aromatic N) is 1. The number of nitro groups is 1. The van der Waals surface area contributed by atoms with E-state index in [2.05, 4.69) is 0 Å². The van der Waals surface area contributed by atoms with Gasteiger partial charge < -0.3 is 4.74 Å². The summed E-state index contributed by atoms with van der Waals surface area (Å²) in [6.07, 6.45) is 4.87. The molecule has 21 heavy (non-hydrogen) atoms. The number of carbonyl (C=O) groups excluding carboxylic acids is 1. The number of nitro benzene ring substituents is 1. The predicted octanol–water partition coefficient (Wildman–Crippen LogP) is 3.47. The van der Waals surface area contributed by atoms with Gasteiger partial charge in [-0.05, 0) is 43.1 Å². The molecular weight excluding hydrogens is 277 g/mol. The first-order valence-corrected chi connectivity index (χ1v) is 7.17. The second-order valence-corrected chi connectivity index (χ2v) is 5.98. The van der Waals surface area contributed by atoms with Gasteiger partial charge >= 0.3 is 11.7 Å². The van der Waals surface area contributed by atoms with Crippen LogP contribution in [0.15, 0.2) is 18.2 Å². The zero-order valence-corrected chi connectivity index (χ0v) is 11.5. The maximum absolute atomic E-state index is 13.2. The highest BCUT2D eigenvalue weighted by molar-refractivity contribution is 5.74. The average molecular weight is 293 g/mol. The third-order valence-corrected chi connectivity index (χ3v) is 4.66. The lowest BCUT2D eigenvalue weighted by Crippen LogP contribution is -2.19. The number of fused-ring (bicyclic) bond motifs is 2. The average Bonchev–Trinajstić information content (AvgIpc) is 3.00. The number of hydrogen-bond acceptors (Lipinski definition) is 4. The predicted molar refractivity (Wildman–Crippen MR) is 72.2 cm³/mol. The molecule has 3 rings (SSSR count). The minimum Gasteiger partial charge on any atom is -0.419 e. The van der Waals surface area contributed by atoms with Crippen LogP contribution in [0.3, 0.4) is 0 Å². The molecule has 2 fully saturated rings. The molecule has 2 saturated carbocycles. The van der Waals surface area contributed by atoms with Crippen molar-refractivity contribution in [3.8, 4) is 5.75 Å². The molecule has 0 aliphatic heterocycles. The number of carbonyl (C=O) groups is 1. The van der Waals surface area contributed by atoms with Gasteiger partial charge in [0, 0.05) is 18.6 Å². The van der Waals surface area contributed by atoms with Crippen LogP contribution in [0.4, 0.5) is 10.1 Å². The van der Waals surface area contributed by atoms with Crippen LogP contribution in [0, 0.1) is 33.7 Å². The molecular formula is C15H16FNO4. The quantitative estimate of drug-likeness (QED) is 0.369. The van der Waals surface area contributed by atoms with E-state index in [1.807, 2.05) is 0 Å². The van der Waals surface area contributed by atoms with Gasteiger partial charge in [0.15, 0.2) is 0 Å². The van der Waals surface area contributed by atoms with Crippen LogP contribution >= 0.6 is 0 Å². The van der Waals surface area contributed by atoms with E-state index >= 15 is 0 Å². The molecule has 1 aromatic carbocycles. The maximum Gasteiger partial charge on any atom is 0.311 e. The normalized spacial score (nSPS) is 26.8. The van der Waals surface area contributed by atoms with Gasteiger partial charge in [-0.2, -0.15) is 0 Å². The summed E-state index contributed by atoms with van der Waals surface area (Å²) >= 11 is 0. The van der Waals surface area contributed by atoms with Crippen molar-refractivity contribution in [3.05, 3.63) is 34.1 Å². The number of ether oxygens (including phenoxy) is 1. The van der Waals surface area contributed by atoms with Crippen molar-refractivity contribution < 1.29 is 18.8 Å². The summed E-state index contributed by atoms with van der Waals surface area (Å²) in [6, 6.07) is 2.87. The van der Waals surface area contributed by atoms with Crippen LogP contribution in [-0.4, -0.2) is 10.9 Å². The van der Waals surface area contributed by atoms with Gasteiger partial charge in [0.2, 0.25) is 5.75 Å². The zero-order valence-electron chi connectivity index (χ0n) is 11.5. The standard InChI is InChI=1S/C15H16FNO4/c16-12-3-4-13(17(19)20)14(8-12)21-15(18)7-11-6-9-1-2-10(11)5-9/h3-4,8-11H,1-2,5-7H2.